The number of para-hydroxylation sites is 1. The van der Waals surface area contributed by atoms with Crippen molar-refractivity contribution in [3.05, 3.63) is 47.7 Å². The van der Waals surface area contributed by atoms with Crippen molar-refractivity contribution in [2.45, 2.75) is 6.54 Å². The summed E-state index contributed by atoms with van der Waals surface area (Å²) in [6.07, 6.45) is 1.60. The Balaban J connectivity index is 1.79. The van der Waals surface area contributed by atoms with Crippen molar-refractivity contribution in [1.29, 1.82) is 5.26 Å². The molecule has 1 saturated heterocycles. The minimum atomic E-state index is 0.249. The zero-order chi connectivity index (χ0) is 16.1. The van der Waals surface area contributed by atoms with E-state index in [4.69, 9.17) is 10.5 Å². The van der Waals surface area contributed by atoms with Crippen molar-refractivity contribution < 1.29 is 4.74 Å². The van der Waals surface area contributed by atoms with Crippen LogP contribution >= 0.6 is 0 Å². The normalized spacial score (nSPS) is 14.3. The molecular formula is C17H19N5O. The quantitative estimate of drug-likeness (QED) is 0.898. The summed E-state index contributed by atoms with van der Waals surface area (Å²) < 4.78 is 5.42. The van der Waals surface area contributed by atoms with E-state index in [0.717, 1.165) is 26.3 Å². The van der Waals surface area contributed by atoms with E-state index in [2.05, 4.69) is 33.4 Å². The van der Waals surface area contributed by atoms with Gasteiger partial charge in [-0.05, 0) is 17.7 Å². The standard InChI is InChI=1S/C17H19N5O/c18-11-14-15(5-6-20-17(14)19)21-12-13-3-1-2-4-16(13)22-7-9-23-10-8-22/h1-6H,7-10,12H2,(H3,19,20,21). The van der Waals surface area contributed by atoms with Crippen molar-refractivity contribution in [1.82, 2.24) is 4.98 Å². The van der Waals surface area contributed by atoms with Crippen LogP contribution in [-0.4, -0.2) is 31.3 Å². The van der Waals surface area contributed by atoms with E-state index in [9.17, 15) is 5.26 Å². The van der Waals surface area contributed by atoms with Gasteiger partial charge in [0.1, 0.15) is 17.5 Å². The molecule has 0 amide bonds. The number of aromatic nitrogens is 1. The highest BCUT2D eigenvalue weighted by molar-refractivity contribution is 5.66. The molecule has 0 aliphatic carbocycles. The Morgan fingerprint density at radius 2 is 2.04 bits per heavy atom. The van der Waals surface area contributed by atoms with Crippen LogP contribution in [-0.2, 0) is 11.3 Å². The molecule has 1 aromatic carbocycles. The number of pyridine rings is 1. The summed E-state index contributed by atoms with van der Waals surface area (Å²) in [5.74, 6) is 0.249. The maximum absolute atomic E-state index is 9.22. The van der Waals surface area contributed by atoms with Gasteiger partial charge in [0.15, 0.2) is 0 Å². The van der Waals surface area contributed by atoms with Gasteiger partial charge in [-0.1, -0.05) is 18.2 Å². The van der Waals surface area contributed by atoms with Gasteiger partial charge >= 0.3 is 0 Å². The lowest BCUT2D eigenvalue weighted by atomic mass is 10.1. The highest BCUT2D eigenvalue weighted by Gasteiger charge is 2.14. The first-order valence-corrected chi connectivity index (χ1v) is 7.58. The maximum atomic E-state index is 9.22. The molecule has 2 heterocycles. The van der Waals surface area contributed by atoms with Gasteiger partial charge in [0.05, 0.1) is 18.9 Å². The van der Waals surface area contributed by atoms with Crippen LogP contribution in [0.25, 0.3) is 0 Å². The molecule has 6 heteroatoms. The highest BCUT2D eigenvalue weighted by Crippen LogP contribution is 2.24. The van der Waals surface area contributed by atoms with Crippen molar-refractivity contribution in [2.24, 2.45) is 0 Å². The number of morpholine rings is 1. The summed E-state index contributed by atoms with van der Waals surface area (Å²) in [7, 11) is 0. The molecule has 2 aromatic rings. The number of nitrogen functional groups attached to an aromatic ring is 1. The van der Waals surface area contributed by atoms with Crippen LogP contribution in [0, 0.1) is 11.3 Å². The van der Waals surface area contributed by atoms with Crippen LogP contribution in [0.2, 0.25) is 0 Å². The lowest BCUT2D eigenvalue weighted by molar-refractivity contribution is 0.122. The first-order valence-electron chi connectivity index (χ1n) is 7.58. The van der Waals surface area contributed by atoms with E-state index in [1.54, 1.807) is 12.3 Å². The zero-order valence-corrected chi connectivity index (χ0v) is 12.8. The molecule has 3 rings (SSSR count). The Morgan fingerprint density at radius 3 is 2.83 bits per heavy atom. The molecule has 118 valence electrons. The van der Waals surface area contributed by atoms with Gasteiger partial charge in [-0.3, -0.25) is 0 Å². The number of hydrogen-bond acceptors (Lipinski definition) is 6. The number of nitrogens with two attached hydrogens (primary N) is 1. The largest absolute Gasteiger partial charge is 0.383 e. The fraction of sp³-hybridized carbons (Fsp3) is 0.294. The van der Waals surface area contributed by atoms with Gasteiger partial charge in [0.2, 0.25) is 0 Å². The van der Waals surface area contributed by atoms with Crippen molar-refractivity contribution >= 4 is 17.2 Å². The molecule has 3 N–H and O–H groups in total. The van der Waals surface area contributed by atoms with Gasteiger partial charge in [-0.15, -0.1) is 0 Å². The number of rotatable bonds is 4. The molecule has 1 fully saturated rings. The Labute approximate surface area is 135 Å². The van der Waals surface area contributed by atoms with E-state index in [1.165, 1.54) is 11.3 Å². The molecule has 1 aromatic heterocycles. The van der Waals surface area contributed by atoms with E-state index >= 15 is 0 Å². The average molecular weight is 309 g/mol. The van der Waals surface area contributed by atoms with Crippen molar-refractivity contribution in [3.63, 3.8) is 0 Å². The van der Waals surface area contributed by atoms with E-state index in [0.29, 0.717) is 17.8 Å². The SMILES string of the molecule is N#Cc1c(NCc2ccccc2N2CCOCC2)ccnc1N. The molecule has 1 aliphatic heterocycles. The number of hydrogen-bond donors (Lipinski definition) is 2. The Bertz CT molecular complexity index is 719. The van der Waals surface area contributed by atoms with Gasteiger partial charge in [-0.25, -0.2) is 4.98 Å². The lowest BCUT2D eigenvalue weighted by Gasteiger charge is -2.30. The highest BCUT2D eigenvalue weighted by atomic mass is 16.5. The number of ether oxygens (including phenoxy) is 1. The molecule has 0 atom stereocenters. The van der Waals surface area contributed by atoms with Crippen LogP contribution in [0.1, 0.15) is 11.1 Å². The zero-order valence-electron chi connectivity index (χ0n) is 12.8. The maximum Gasteiger partial charge on any atom is 0.143 e. The minimum Gasteiger partial charge on any atom is -0.383 e. The molecule has 6 nitrogen and oxygen atoms in total. The number of nitriles is 1. The second kappa shape index (κ2) is 6.99. The van der Waals surface area contributed by atoms with Gasteiger partial charge in [0.25, 0.3) is 0 Å². The summed E-state index contributed by atoms with van der Waals surface area (Å²) in [6, 6.07) is 12.1. The molecule has 0 saturated carbocycles. The Morgan fingerprint density at radius 1 is 1.26 bits per heavy atom. The first kappa shape index (κ1) is 15.1. The molecule has 23 heavy (non-hydrogen) atoms. The molecule has 0 unspecified atom stereocenters. The number of nitrogens with zero attached hydrogens (tertiary/aromatic N) is 3. The van der Waals surface area contributed by atoms with E-state index in [-0.39, 0.29) is 5.82 Å². The van der Waals surface area contributed by atoms with Gasteiger partial charge in [0, 0.05) is 31.5 Å². The number of anilines is 3. The number of nitrogens with one attached hydrogen (secondary N) is 1. The van der Waals surface area contributed by atoms with Crippen LogP contribution < -0.4 is 16.0 Å². The molecule has 0 radical (unpaired) electrons. The Kier molecular flexibility index (Phi) is 4.60. The summed E-state index contributed by atoms with van der Waals surface area (Å²) in [6.45, 7) is 3.90. The lowest BCUT2D eigenvalue weighted by Crippen LogP contribution is -2.36. The molecule has 0 bridgehead atoms. The predicted octanol–water partition coefficient (Wildman–Crippen LogP) is 1.98. The fourth-order valence-electron chi connectivity index (χ4n) is 2.71. The molecule has 0 spiro atoms. The van der Waals surface area contributed by atoms with Crippen molar-refractivity contribution in [3.8, 4) is 6.07 Å². The van der Waals surface area contributed by atoms with Crippen LogP contribution in [0.15, 0.2) is 36.5 Å². The summed E-state index contributed by atoms with van der Waals surface area (Å²) in [4.78, 5) is 6.28. The van der Waals surface area contributed by atoms with Crippen LogP contribution in [0.4, 0.5) is 17.2 Å². The third-order valence-corrected chi connectivity index (χ3v) is 3.90. The Hall–Kier alpha value is -2.78. The predicted molar refractivity (Wildman–Crippen MR) is 90.2 cm³/mol. The third-order valence-electron chi connectivity index (χ3n) is 3.90. The number of benzene rings is 1. The molecule has 1 aliphatic rings. The minimum absolute atomic E-state index is 0.249. The van der Waals surface area contributed by atoms with Crippen molar-refractivity contribution in [2.75, 3.05) is 42.3 Å². The van der Waals surface area contributed by atoms with Gasteiger partial charge < -0.3 is 20.7 Å². The van der Waals surface area contributed by atoms with Crippen LogP contribution in [0.5, 0.6) is 0 Å². The topological polar surface area (TPSA) is 87.2 Å². The first-order chi connectivity index (χ1) is 11.3. The average Bonchev–Trinajstić information content (AvgIpc) is 2.61. The fourth-order valence-corrected chi connectivity index (χ4v) is 2.71. The summed E-state index contributed by atoms with van der Waals surface area (Å²) in [5.41, 5.74) is 9.22. The molecular weight excluding hydrogens is 290 g/mol. The summed E-state index contributed by atoms with van der Waals surface area (Å²) in [5, 5.41) is 12.5. The van der Waals surface area contributed by atoms with E-state index < -0.39 is 0 Å². The second-order valence-corrected chi connectivity index (χ2v) is 5.31. The monoisotopic (exact) mass is 309 g/mol. The third kappa shape index (κ3) is 3.35. The smallest absolute Gasteiger partial charge is 0.143 e. The summed E-state index contributed by atoms with van der Waals surface area (Å²) >= 11 is 0. The van der Waals surface area contributed by atoms with E-state index in [1.807, 2.05) is 12.1 Å². The van der Waals surface area contributed by atoms with Gasteiger partial charge in [-0.2, -0.15) is 5.26 Å². The van der Waals surface area contributed by atoms with Crippen LogP contribution in [0.3, 0.4) is 0 Å². The second-order valence-electron chi connectivity index (χ2n) is 5.31.